The molecular formula is C10H16ClNO2. The van der Waals surface area contributed by atoms with E-state index in [-0.39, 0.29) is 11.5 Å². The van der Waals surface area contributed by atoms with Gasteiger partial charge in [-0.3, -0.25) is 0 Å². The molecule has 80 valence electrons. The van der Waals surface area contributed by atoms with Crippen LogP contribution in [-0.2, 0) is 4.74 Å². The third-order valence-electron chi connectivity index (χ3n) is 3.15. The number of hydrogen-bond donors (Lipinski definition) is 0. The van der Waals surface area contributed by atoms with Crippen molar-refractivity contribution in [3.8, 4) is 0 Å². The number of piperidine rings is 1. The van der Waals surface area contributed by atoms with Crippen molar-refractivity contribution in [2.24, 2.45) is 0 Å². The van der Waals surface area contributed by atoms with Crippen LogP contribution >= 0.6 is 11.6 Å². The largest absolute Gasteiger partial charge is 0.450 e. The third-order valence-corrected chi connectivity index (χ3v) is 3.51. The molecule has 2 saturated heterocycles. The standard InChI is InChI=1S/C10H16ClNO2/c1-2-14-10(13)12-8-3-4-9(12)6-7(11)5-8/h7-9H,2-6H2,1H3/t8-,9-/m0/s1. The van der Waals surface area contributed by atoms with Crippen molar-refractivity contribution in [2.75, 3.05) is 6.61 Å². The van der Waals surface area contributed by atoms with Gasteiger partial charge in [-0.15, -0.1) is 11.6 Å². The predicted octanol–water partition coefficient (Wildman–Crippen LogP) is 2.38. The summed E-state index contributed by atoms with van der Waals surface area (Å²) in [5, 5.41) is 0.248. The summed E-state index contributed by atoms with van der Waals surface area (Å²) >= 11 is 6.11. The molecule has 0 aromatic carbocycles. The summed E-state index contributed by atoms with van der Waals surface area (Å²) in [5.41, 5.74) is 0. The Bertz CT molecular complexity index is 220. The second-order valence-corrected chi connectivity index (χ2v) is 4.68. The molecule has 0 N–H and O–H groups in total. The Hall–Kier alpha value is -0.440. The van der Waals surface area contributed by atoms with E-state index in [1.54, 1.807) is 0 Å². The zero-order valence-corrected chi connectivity index (χ0v) is 9.17. The van der Waals surface area contributed by atoms with Crippen LogP contribution in [-0.4, -0.2) is 35.1 Å². The van der Waals surface area contributed by atoms with Crippen LogP contribution in [0.15, 0.2) is 0 Å². The number of hydrogen-bond acceptors (Lipinski definition) is 2. The summed E-state index contributed by atoms with van der Waals surface area (Å²) < 4.78 is 5.04. The molecule has 4 heteroatoms. The maximum absolute atomic E-state index is 11.6. The number of nitrogens with zero attached hydrogens (tertiary/aromatic N) is 1. The fourth-order valence-electron chi connectivity index (χ4n) is 2.61. The van der Waals surface area contributed by atoms with Gasteiger partial charge in [0.25, 0.3) is 0 Å². The number of carbonyl (C=O) groups excluding carboxylic acids is 1. The number of rotatable bonds is 1. The van der Waals surface area contributed by atoms with Crippen LogP contribution in [0.1, 0.15) is 32.6 Å². The van der Waals surface area contributed by atoms with Gasteiger partial charge in [-0.1, -0.05) is 0 Å². The molecule has 0 aliphatic carbocycles. The van der Waals surface area contributed by atoms with Crippen molar-refractivity contribution in [1.82, 2.24) is 4.90 Å². The molecule has 0 spiro atoms. The maximum atomic E-state index is 11.6. The lowest BCUT2D eigenvalue weighted by Gasteiger charge is -2.35. The van der Waals surface area contributed by atoms with Crippen molar-refractivity contribution in [2.45, 2.75) is 50.1 Å². The van der Waals surface area contributed by atoms with Crippen LogP contribution in [0.25, 0.3) is 0 Å². The van der Waals surface area contributed by atoms with Gasteiger partial charge in [-0.2, -0.15) is 0 Å². The third kappa shape index (κ3) is 1.70. The molecule has 0 aromatic rings. The van der Waals surface area contributed by atoms with Crippen molar-refractivity contribution in [3.63, 3.8) is 0 Å². The number of ether oxygens (including phenoxy) is 1. The van der Waals surface area contributed by atoms with E-state index < -0.39 is 0 Å². The average Bonchev–Trinajstić information content (AvgIpc) is 2.39. The number of amides is 1. The van der Waals surface area contributed by atoms with Crippen LogP contribution in [0.4, 0.5) is 4.79 Å². The lowest BCUT2D eigenvalue weighted by Crippen LogP contribution is -2.47. The fraction of sp³-hybridized carbons (Fsp3) is 0.900. The van der Waals surface area contributed by atoms with E-state index >= 15 is 0 Å². The van der Waals surface area contributed by atoms with E-state index in [4.69, 9.17) is 16.3 Å². The van der Waals surface area contributed by atoms with Gasteiger partial charge in [0.2, 0.25) is 0 Å². The Labute approximate surface area is 89.4 Å². The molecule has 2 fully saturated rings. The molecule has 3 nitrogen and oxygen atoms in total. The topological polar surface area (TPSA) is 29.5 Å². The summed E-state index contributed by atoms with van der Waals surface area (Å²) in [5.74, 6) is 0. The van der Waals surface area contributed by atoms with Gasteiger partial charge in [0.1, 0.15) is 0 Å². The predicted molar refractivity (Wildman–Crippen MR) is 54.5 cm³/mol. The molecule has 0 aromatic heterocycles. The first-order valence-electron chi connectivity index (χ1n) is 5.31. The minimum absolute atomic E-state index is 0.149. The van der Waals surface area contributed by atoms with E-state index in [2.05, 4.69) is 0 Å². The Morgan fingerprint density at radius 1 is 1.43 bits per heavy atom. The van der Waals surface area contributed by atoms with Gasteiger partial charge in [-0.05, 0) is 32.6 Å². The van der Waals surface area contributed by atoms with Crippen LogP contribution in [0.3, 0.4) is 0 Å². The van der Waals surface area contributed by atoms with E-state index in [1.807, 2.05) is 11.8 Å². The highest BCUT2D eigenvalue weighted by atomic mass is 35.5. The molecule has 2 aliphatic rings. The smallest absolute Gasteiger partial charge is 0.410 e. The van der Waals surface area contributed by atoms with Crippen molar-refractivity contribution in [1.29, 1.82) is 0 Å². The molecule has 14 heavy (non-hydrogen) atoms. The second kappa shape index (κ2) is 3.97. The number of halogens is 1. The Balaban J connectivity index is 2.03. The summed E-state index contributed by atoms with van der Waals surface area (Å²) in [6.07, 6.45) is 3.89. The van der Waals surface area contributed by atoms with E-state index in [9.17, 15) is 4.79 Å². The average molecular weight is 218 g/mol. The number of fused-ring (bicyclic) bond motifs is 2. The molecule has 2 heterocycles. The summed E-state index contributed by atoms with van der Waals surface area (Å²) in [6, 6.07) is 0.658. The van der Waals surface area contributed by atoms with Crippen LogP contribution in [0.2, 0.25) is 0 Å². The summed E-state index contributed by atoms with van der Waals surface area (Å²) in [7, 11) is 0. The molecule has 2 atom stereocenters. The molecule has 2 rings (SSSR count). The number of carbonyl (C=O) groups is 1. The van der Waals surface area contributed by atoms with Crippen LogP contribution in [0.5, 0.6) is 0 Å². The lowest BCUT2D eigenvalue weighted by atomic mass is 10.0. The number of alkyl halides is 1. The fourth-order valence-corrected chi connectivity index (χ4v) is 3.02. The highest BCUT2D eigenvalue weighted by Crippen LogP contribution is 2.37. The van der Waals surface area contributed by atoms with Gasteiger partial charge >= 0.3 is 6.09 Å². The highest BCUT2D eigenvalue weighted by Gasteiger charge is 2.43. The maximum Gasteiger partial charge on any atom is 0.410 e. The normalized spacial score (nSPS) is 35.9. The van der Waals surface area contributed by atoms with Gasteiger partial charge in [-0.25, -0.2) is 4.79 Å². The molecule has 2 aliphatic heterocycles. The lowest BCUT2D eigenvalue weighted by molar-refractivity contribution is 0.0743. The second-order valence-electron chi connectivity index (χ2n) is 4.06. The Kier molecular flexibility index (Phi) is 2.86. The van der Waals surface area contributed by atoms with Gasteiger partial charge in [0, 0.05) is 17.5 Å². The molecule has 1 amide bonds. The molecule has 0 radical (unpaired) electrons. The quantitative estimate of drug-likeness (QED) is 0.632. The molecule has 0 unspecified atom stereocenters. The summed E-state index contributed by atoms with van der Waals surface area (Å²) in [6.45, 7) is 2.30. The van der Waals surface area contributed by atoms with Gasteiger partial charge in [0.15, 0.2) is 0 Å². The molecule has 0 saturated carbocycles. The Morgan fingerprint density at radius 3 is 2.50 bits per heavy atom. The van der Waals surface area contributed by atoms with Crippen molar-refractivity contribution >= 4 is 17.7 Å². The minimum Gasteiger partial charge on any atom is -0.450 e. The molecular weight excluding hydrogens is 202 g/mol. The first-order valence-corrected chi connectivity index (χ1v) is 5.75. The zero-order valence-electron chi connectivity index (χ0n) is 8.41. The van der Waals surface area contributed by atoms with Gasteiger partial charge < -0.3 is 9.64 Å². The van der Waals surface area contributed by atoms with E-state index in [0.29, 0.717) is 18.7 Å². The Morgan fingerprint density at radius 2 is 2.00 bits per heavy atom. The highest BCUT2D eigenvalue weighted by molar-refractivity contribution is 6.20. The van der Waals surface area contributed by atoms with E-state index in [0.717, 1.165) is 25.7 Å². The van der Waals surface area contributed by atoms with Crippen LogP contribution < -0.4 is 0 Å². The first kappa shape index (κ1) is 10.1. The molecule has 2 bridgehead atoms. The van der Waals surface area contributed by atoms with Crippen LogP contribution in [0, 0.1) is 0 Å². The zero-order chi connectivity index (χ0) is 10.1. The first-order chi connectivity index (χ1) is 6.72. The van der Waals surface area contributed by atoms with E-state index in [1.165, 1.54) is 0 Å². The summed E-state index contributed by atoms with van der Waals surface area (Å²) in [4.78, 5) is 13.5. The van der Waals surface area contributed by atoms with Gasteiger partial charge in [0.05, 0.1) is 6.61 Å². The minimum atomic E-state index is -0.149. The van der Waals surface area contributed by atoms with Crippen molar-refractivity contribution < 1.29 is 9.53 Å². The SMILES string of the molecule is CCOC(=O)N1[C@H]2CC[C@H]1CC(Cl)C2. The van der Waals surface area contributed by atoms with Crippen molar-refractivity contribution in [3.05, 3.63) is 0 Å². The monoisotopic (exact) mass is 217 g/mol.